The summed E-state index contributed by atoms with van der Waals surface area (Å²) in [6.07, 6.45) is 1.53. The molecule has 1 aromatic heterocycles. The van der Waals surface area contributed by atoms with Gasteiger partial charge in [-0.1, -0.05) is 18.2 Å². The molecule has 0 bridgehead atoms. The summed E-state index contributed by atoms with van der Waals surface area (Å²) in [5, 5.41) is 0.599. The molecule has 0 aliphatic carbocycles. The number of benzene rings is 2. The molecule has 0 saturated heterocycles. The highest BCUT2D eigenvalue weighted by Crippen LogP contribution is 2.16. The Labute approximate surface area is 103 Å². The van der Waals surface area contributed by atoms with Crippen molar-refractivity contribution >= 4 is 16.6 Å². The number of nitrogens with two attached hydrogens (primary N) is 1. The number of anilines is 1. The van der Waals surface area contributed by atoms with Crippen molar-refractivity contribution in [3.63, 3.8) is 0 Å². The van der Waals surface area contributed by atoms with Crippen LogP contribution in [0.25, 0.3) is 16.6 Å². The molecule has 0 aliphatic heterocycles. The fourth-order valence-electron chi connectivity index (χ4n) is 1.99. The highest BCUT2D eigenvalue weighted by molar-refractivity contribution is 5.79. The van der Waals surface area contributed by atoms with Crippen LogP contribution in [-0.2, 0) is 0 Å². The third kappa shape index (κ3) is 1.64. The summed E-state index contributed by atoms with van der Waals surface area (Å²) in [6.45, 7) is 0. The highest BCUT2D eigenvalue weighted by Gasteiger charge is 2.04. The largest absolute Gasteiger partial charge is 0.399 e. The third-order valence-corrected chi connectivity index (χ3v) is 2.83. The van der Waals surface area contributed by atoms with Crippen LogP contribution < -0.4 is 11.3 Å². The van der Waals surface area contributed by atoms with Gasteiger partial charge in [0.1, 0.15) is 6.33 Å². The SMILES string of the molecule is Nc1cccc(-n2cnc(=O)c3ccccc32)c1. The Kier molecular flexibility index (Phi) is 2.34. The molecule has 0 unspecified atom stereocenters. The monoisotopic (exact) mass is 237 g/mol. The molecule has 0 atom stereocenters. The van der Waals surface area contributed by atoms with Gasteiger partial charge in [0.2, 0.25) is 0 Å². The Morgan fingerprint density at radius 3 is 2.72 bits per heavy atom. The van der Waals surface area contributed by atoms with E-state index in [2.05, 4.69) is 4.98 Å². The minimum Gasteiger partial charge on any atom is -0.399 e. The predicted molar refractivity (Wildman–Crippen MR) is 71.8 cm³/mol. The lowest BCUT2D eigenvalue weighted by Gasteiger charge is -2.10. The lowest BCUT2D eigenvalue weighted by Crippen LogP contribution is -2.11. The van der Waals surface area contributed by atoms with Crippen LogP contribution in [0.3, 0.4) is 0 Å². The molecule has 18 heavy (non-hydrogen) atoms. The van der Waals surface area contributed by atoms with Gasteiger partial charge in [0.25, 0.3) is 5.56 Å². The van der Waals surface area contributed by atoms with Crippen molar-refractivity contribution in [2.24, 2.45) is 0 Å². The van der Waals surface area contributed by atoms with E-state index in [0.29, 0.717) is 11.1 Å². The van der Waals surface area contributed by atoms with Crippen molar-refractivity contribution < 1.29 is 0 Å². The molecule has 0 amide bonds. The van der Waals surface area contributed by atoms with Crippen molar-refractivity contribution in [3.05, 3.63) is 65.2 Å². The first-order valence-corrected chi connectivity index (χ1v) is 5.58. The van der Waals surface area contributed by atoms with Crippen LogP contribution >= 0.6 is 0 Å². The molecule has 0 spiro atoms. The van der Waals surface area contributed by atoms with Gasteiger partial charge in [-0.2, -0.15) is 4.98 Å². The van der Waals surface area contributed by atoms with Crippen LogP contribution in [-0.4, -0.2) is 9.55 Å². The highest BCUT2D eigenvalue weighted by atomic mass is 16.1. The Bertz CT molecular complexity index is 777. The maximum absolute atomic E-state index is 11.7. The van der Waals surface area contributed by atoms with Crippen LogP contribution in [0.4, 0.5) is 5.69 Å². The van der Waals surface area contributed by atoms with Crippen molar-refractivity contribution in [2.45, 2.75) is 0 Å². The van der Waals surface area contributed by atoms with Gasteiger partial charge in [-0.3, -0.25) is 4.79 Å². The van der Waals surface area contributed by atoms with Gasteiger partial charge in [-0.15, -0.1) is 0 Å². The average Bonchev–Trinajstić information content (AvgIpc) is 2.39. The molecule has 0 aliphatic rings. The van der Waals surface area contributed by atoms with Crippen LogP contribution in [0.1, 0.15) is 0 Å². The summed E-state index contributed by atoms with van der Waals surface area (Å²) >= 11 is 0. The predicted octanol–water partition coefficient (Wildman–Crippen LogP) is 1.97. The molecule has 4 heteroatoms. The minimum absolute atomic E-state index is 0.217. The molecule has 0 fully saturated rings. The van der Waals surface area contributed by atoms with Gasteiger partial charge < -0.3 is 10.3 Å². The van der Waals surface area contributed by atoms with E-state index in [4.69, 9.17) is 5.73 Å². The topological polar surface area (TPSA) is 60.9 Å². The summed E-state index contributed by atoms with van der Waals surface area (Å²) in [5.41, 5.74) is 7.94. The molecule has 88 valence electrons. The van der Waals surface area contributed by atoms with Crippen LogP contribution in [0.15, 0.2) is 59.7 Å². The summed E-state index contributed by atoms with van der Waals surface area (Å²) in [4.78, 5) is 15.6. The second kappa shape index (κ2) is 4.00. The zero-order valence-electron chi connectivity index (χ0n) is 9.58. The number of hydrogen-bond donors (Lipinski definition) is 1. The summed E-state index contributed by atoms with van der Waals surface area (Å²) < 4.78 is 1.85. The Morgan fingerprint density at radius 2 is 1.89 bits per heavy atom. The lowest BCUT2D eigenvalue weighted by atomic mass is 10.2. The van der Waals surface area contributed by atoms with E-state index < -0.39 is 0 Å². The second-order valence-corrected chi connectivity index (χ2v) is 4.03. The second-order valence-electron chi connectivity index (χ2n) is 4.03. The molecule has 0 saturated carbocycles. The molecular weight excluding hydrogens is 226 g/mol. The molecule has 2 N–H and O–H groups in total. The molecule has 2 aromatic carbocycles. The number of para-hydroxylation sites is 1. The van der Waals surface area contributed by atoms with Crippen molar-refractivity contribution in [1.29, 1.82) is 0 Å². The Hall–Kier alpha value is -2.62. The number of aromatic nitrogens is 2. The van der Waals surface area contributed by atoms with Crippen LogP contribution in [0.2, 0.25) is 0 Å². The van der Waals surface area contributed by atoms with Crippen LogP contribution in [0, 0.1) is 0 Å². The molecule has 3 rings (SSSR count). The Balaban J connectivity index is 2.37. The molecular formula is C14H11N3O. The normalized spacial score (nSPS) is 10.7. The molecule has 4 nitrogen and oxygen atoms in total. The summed E-state index contributed by atoms with van der Waals surface area (Å²) in [7, 11) is 0. The maximum Gasteiger partial charge on any atom is 0.280 e. The molecule has 3 aromatic rings. The molecule has 0 radical (unpaired) electrons. The smallest absolute Gasteiger partial charge is 0.280 e. The third-order valence-electron chi connectivity index (χ3n) is 2.83. The van der Waals surface area contributed by atoms with Gasteiger partial charge in [-0.25, -0.2) is 0 Å². The van der Waals surface area contributed by atoms with Gasteiger partial charge in [-0.05, 0) is 30.3 Å². The zero-order valence-corrected chi connectivity index (χ0v) is 9.58. The Morgan fingerprint density at radius 1 is 1.06 bits per heavy atom. The first kappa shape index (κ1) is 10.5. The lowest BCUT2D eigenvalue weighted by molar-refractivity contribution is 1.02. The molecule has 1 heterocycles. The first-order chi connectivity index (χ1) is 8.75. The van der Waals surface area contributed by atoms with E-state index in [1.54, 1.807) is 6.07 Å². The van der Waals surface area contributed by atoms with Gasteiger partial charge in [0.15, 0.2) is 0 Å². The standard InChI is InChI=1S/C14H11N3O/c15-10-4-3-5-11(8-10)17-9-16-14(18)12-6-1-2-7-13(12)17/h1-9H,15H2. The quantitative estimate of drug-likeness (QED) is 0.658. The van der Waals surface area contributed by atoms with E-state index in [9.17, 15) is 4.79 Å². The first-order valence-electron chi connectivity index (χ1n) is 5.58. The number of rotatable bonds is 1. The van der Waals surface area contributed by atoms with E-state index in [1.165, 1.54) is 6.33 Å². The van der Waals surface area contributed by atoms with E-state index >= 15 is 0 Å². The minimum atomic E-state index is -0.217. The fraction of sp³-hybridized carbons (Fsp3) is 0. The number of fused-ring (bicyclic) bond motifs is 1. The maximum atomic E-state index is 11.7. The fourth-order valence-corrected chi connectivity index (χ4v) is 1.99. The summed E-state index contributed by atoms with van der Waals surface area (Å²) in [6, 6.07) is 14.8. The van der Waals surface area contributed by atoms with E-state index in [-0.39, 0.29) is 5.56 Å². The van der Waals surface area contributed by atoms with Gasteiger partial charge in [0, 0.05) is 11.4 Å². The summed E-state index contributed by atoms with van der Waals surface area (Å²) in [5.74, 6) is 0. The van der Waals surface area contributed by atoms with E-state index in [0.717, 1.165) is 11.2 Å². The van der Waals surface area contributed by atoms with E-state index in [1.807, 2.05) is 47.0 Å². The van der Waals surface area contributed by atoms with Crippen molar-refractivity contribution in [3.8, 4) is 5.69 Å². The number of hydrogen-bond acceptors (Lipinski definition) is 3. The van der Waals surface area contributed by atoms with Crippen molar-refractivity contribution in [2.75, 3.05) is 5.73 Å². The van der Waals surface area contributed by atoms with Gasteiger partial charge in [0.05, 0.1) is 10.9 Å². The average molecular weight is 237 g/mol. The zero-order chi connectivity index (χ0) is 12.5. The van der Waals surface area contributed by atoms with Crippen molar-refractivity contribution in [1.82, 2.24) is 9.55 Å². The van der Waals surface area contributed by atoms with Crippen LogP contribution in [0.5, 0.6) is 0 Å². The van der Waals surface area contributed by atoms with Gasteiger partial charge >= 0.3 is 0 Å². The number of nitrogens with zero attached hydrogens (tertiary/aromatic N) is 2. The number of nitrogen functional groups attached to an aromatic ring is 1.